The molecule has 0 radical (unpaired) electrons. The predicted molar refractivity (Wildman–Crippen MR) is 93.0 cm³/mol. The number of fused-ring (bicyclic) bond motifs is 1. The van der Waals surface area contributed by atoms with E-state index in [9.17, 15) is 0 Å². The maximum Gasteiger partial charge on any atom is 0.197 e. The molecule has 0 spiro atoms. The molecule has 0 amide bonds. The second-order valence-corrected chi connectivity index (χ2v) is 7.04. The minimum Gasteiger partial charge on any atom is -0.305 e. The van der Waals surface area contributed by atoms with Crippen LogP contribution in [0.15, 0.2) is 52.2 Å². The SMILES string of the molecule is Cn1c(Sc2ncnc3ccsc23)nnc1-c1ccccc1Cl. The van der Waals surface area contributed by atoms with Crippen molar-refractivity contribution < 1.29 is 0 Å². The summed E-state index contributed by atoms with van der Waals surface area (Å²) in [5.41, 5.74) is 1.81. The first-order chi connectivity index (χ1) is 11.2. The molecule has 0 saturated heterocycles. The van der Waals surface area contributed by atoms with E-state index < -0.39 is 0 Å². The van der Waals surface area contributed by atoms with Gasteiger partial charge in [-0.05, 0) is 35.3 Å². The van der Waals surface area contributed by atoms with Gasteiger partial charge in [0.05, 0.1) is 15.2 Å². The lowest BCUT2D eigenvalue weighted by Crippen LogP contribution is -1.95. The molecule has 0 aliphatic heterocycles. The first-order valence-corrected chi connectivity index (χ1v) is 8.82. The summed E-state index contributed by atoms with van der Waals surface area (Å²) in [6.07, 6.45) is 1.57. The van der Waals surface area contributed by atoms with Crippen molar-refractivity contribution in [2.75, 3.05) is 0 Å². The van der Waals surface area contributed by atoms with E-state index in [1.807, 2.05) is 47.3 Å². The molecular formula is C15H10ClN5S2. The Balaban J connectivity index is 1.74. The van der Waals surface area contributed by atoms with Crippen LogP contribution >= 0.6 is 34.7 Å². The van der Waals surface area contributed by atoms with Gasteiger partial charge >= 0.3 is 0 Å². The Kier molecular flexibility index (Phi) is 3.76. The molecular weight excluding hydrogens is 350 g/mol. The molecule has 0 unspecified atom stereocenters. The number of halogens is 1. The molecule has 8 heteroatoms. The van der Waals surface area contributed by atoms with Crippen molar-refractivity contribution in [1.82, 2.24) is 24.7 Å². The third kappa shape index (κ3) is 2.60. The zero-order valence-corrected chi connectivity index (χ0v) is 14.4. The minimum absolute atomic E-state index is 0.655. The van der Waals surface area contributed by atoms with Gasteiger partial charge in [0.2, 0.25) is 0 Å². The van der Waals surface area contributed by atoms with Crippen LogP contribution in [0.25, 0.3) is 21.6 Å². The van der Waals surface area contributed by atoms with Crippen molar-refractivity contribution in [2.45, 2.75) is 10.2 Å². The van der Waals surface area contributed by atoms with E-state index in [1.165, 1.54) is 11.8 Å². The van der Waals surface area contributed by atoms with E-state index in [2.05, 4.69) is 20.2 Å². The van der Waals surface area contributed by atoms with Crippen LogP contribution in [0.2, 0.25) is 5.02 Å². The van der Waals surface area contributed by atoms with Crippen molar-refractivity contribution in [3.05, 3.63) is 47.1 Å². The molecule has 0 saturated carbocycles. The van der Waals surface area contributed by atoms with Crippen molar-refractivity contribution in [1.29, 1.82) is 0 Å². The van der Waals surface area contributed by atoms with Gasteiger partial charge in [-0.25, -0.2) is 9.97 Å². The summed E-state index contributed by atoms with van der Waals surface area (Å²) in [6, 6.07) is 9.59. The van der Waals surface area contributed by atoms with E-state index in [1.54, 1.807) is 17.7 Å². The van der Waals surface area contributed by atoms with Crippen molar-refractivity contribution >= 4 is 44.9 Å². The molecule has 4 rings (SSSR count). The number of hydrogen-bond donors (Lipinski definition) is 0. The summed E-state index contributed by atoms with van der Waals surface area (Å²) >= 11 is 9.35. The summed E-state index contributed by atoms with van der Waals surface area (Å²) in [7, 11) is 1.92. The normalized spacial score (nSPS) is 11.2. The van der Waals surface area contributed by atoms with Crippen LogP contribution in [-0.4, -0.2) is 24.7 Å². The number of rotatable bonds is 3. The highest BCUT2D eigenvalue weighted by molar-refractivity contribution is 7.99. The molecule has 4 aromatic rings. The molecule has 114 valence electrons. The number of hydrogen-bond acceptors (Lipinski definition) is 6. The average molecular weight is 360 g/mol. The molecule has 0 fully saturated rings. The highest BCUT2D eigenvalue weighted by atomic mass is 35.5. The molecule has 3 heterocycles. The highest BCUT2D eigenvalue weighted by Crippen LogP contribution is 2.34. The first kappa shape index (κ1) is 14.6. The topological polar surface area (TPSA) is 56.5 Å². The zero-order valence-electron chi connectivity index (χ0n) is 12.0. The summed E-state index contributed by atoms with van der Waals surface area (Å²) in [6.45, 7) is 0. The van der Waals surface area contributed by atoms with Crippen LogP contribution in [0, 0.1) is 0 Å². The van der Waals surface area contributed by atoms with E-state index >= 15 is 0 Å². The van der Waals surface area contributed by atoms with Gasteiger partial charge in [0.25, 0.3) is 0 Å². The van der Waals surface area contributed by atoms with Gasteiger partial charge in [0.15, 0.2) is 11.0 Å². The molecule has 0 bridgehead atoms. The predicted octanol–water partition coefficient (Wildman–Crippen LogP) is 4.29. The summed E-state index contributed by atoms with van der Waals surface area (Å²) in [5.74, 6) is 0.731. The lowest BCUT2D eigenvalue weighted by Gasteiger charge is -2.05. The van der Waals surface area contributed by atoms with Crippen LogP contribution < -0.4 is 0 Å². The van der Waals surface area contributed by atoms with Crippen LogP contribution in [-0.2, 0) is 7.05 Å². The Labute approximate surface area is 145 Å². The van der Waals surface area contributed by atoms with Crippen LogP contribution in [0.3, 0.4) is 0 Å². The second kappa shape index (κ2) is 5.92. The molecule has 0 N–H and O–H groups in total. The molecule has 0 aliphatic rings. The molecule has 0 atom stereocenters. The van der Waals surface area contributed by atoms with Crippen molar-refractivity contribution in [3.63, 3.8) is 0 Å². The van der Waals surface area contributed by atoms with Gasteiger partial charge in [0, 0.05) is 12.6 Å². The summed E-state index contributed by atoms with van der Waals surface area (Å²) in [5, 5.41) is 12.9. The fourth-order valence-corrected chi connectivity index (χ4v) is 4.20. The van der Waals surface area contributed by atoms with E-state index in [0.29, 0.717) is 5.02 Å². The lowest BCUT2D eigenvalue weighted by molar-refractivity contribution is 0.793. The average Bonchev–Trinajstić information content (AvgIpc) is 3.17. The maximum absolute atomic E-state index is 6.26. The number of thiophene rings is 1. The highest BCUT2D eigenvalue weighted by Gasteiger charge is 2.16. The molecule has 1 aromatic carbocycles. The Morgan fingerprint density at radius 1 is 1.13 bits per heavy atom. The largest absolute Gasteiger partial charge is 0.305 e. The standard InChI is InChI=1S/C15H10ClN5S2/c1-21-13(9-4-2-3-5-10(9)16)19-20-15(21)23-14-12-11(6-7-22-12)17-8-18-14/h2-8H,1H3. The van der Waals surface area contributed by atoms with E-state index in [-0.39, 0.29) is 0 Å². The quantitative estimate of drug-likeness (QED) is 0.511. The van der Waals surface area contributed by atoms with Gasteiger partial charge < -0.3 is 4.57 Å². The lowest BCUT2D eigenvalue weighted by atomic mass is 10.2. The smallest absolute Gasteiger partial charge is 0.197 e. The van der Waals surface area contributed by atoms with Crippen molar-refractivity contribution in [3.8, 4) is 11.4 Å². The van der Waals surface area contributed by atoms with Gasteiger partial charge in [-0.3, -0.25) is 0 Å². The molecule has 3 aromatic heterocycles. The first-order valence-electron chi connectivity index (χ1n) is 6.74. The minimum atomic E-state index is 0.655. The van der Waals surface area contributed by atoms with Crippen LogP contribution in [0.4, 0.5) is 0 Å². The van der Waals surface area contributed by atoms with Gasteiger partial charge in [-0.15, -0.1) is 21.5 Å². The molecule has 5 nitrogen and oxygen atoms in total. The Morgan fingerprint density at radius 2 is 2.00 bits per heavy atom. The van der Waals surface area contributed by atoms with Crippen molar-refractivity contribution in [2.24, 2.45) is 7.05 Å². The molecule has 0 aliphatic carbocycles. The van der Waals surface area contributed by atoms with Gasteiger partial charge in [0.1, 0.15) is 11.4 Å². The summed E-state index contributed by atoms with van der Waals surface area (Å²) in [4.78, 5) is 8.63. The summed E-state index contributed by atoms with van der Waals surface area (Å²) < 4.78 is 2.98. The van der Waals surface area contributed by atoms with Gasteiger partial charge in [-0.2, -0.15) is 0 Å². The third-order valence-corrected chi connectivity index (χ3v) is 5.76. The van der Waals surface area contributed by atoms with Crippen LogP contribution in [0.5, 0.6) is 0 Å². The fourth-order valence-electron chi connectivity index (χ4n) is 2.21. The zero-order chi connectivity index (χ0) is 15.8. The van der Waals surface area contributed by atoms with Gasteiger partial charge in [-0.1, -0.05) is 23.7 Å². The maximum atomic E-state index is 6.26. The van der Waals surface area contributed by atoms with Crippen LogP contribution in [0.1, 0.15) is 0 Å². The van der Waals surface area contributed by atoms with E-state index in [0.717, 1.165) is 31.8 Å². The number of benzene rings is 1. The fraction of sp³-hybridized carbons (Fsp3) is 0.0667. The van der Waals surface area contributed by atoms with E-state index in [4.69, 9.17) is 11.6 Å². The Morgan fingerprint density at radius 3 is 2.87 bits per heavy atom. The second-order valence-electron chi connectivity index (χ2n) is 4.76. The number of aromatic nitrogens is 5. The Hall–Kier alpha value is -1.96. The monoisotopic (exact) mass is 359 g/mol. The number of nitrogens with zero attached hydrogens (tertiary/aromatic N) is 5. The third-order valence-electron chi connectivity index (χ3n) is 3.35. The Bertz CT molecular complexity index is 994. The molecule has 23 heavy (non-hydrogen) atoms.